The fourth-order valence-electron chi connectivity index (χ4n) is 2.54. The summed E-state index contributed by atoms with van der Waals surface area (Å²) in [7, 11) is 0. The fraction of sp³-hybridized carbons (Fsp3) is 0.333. The molecule has 1 aromatic carbocycles. The van der Waals surface area contributed by atoms with Crippen molar-refractivity contribution in [2.75, 3.05) is 5.73 Å². The first-order valence-electron chi connectivity index (χ1n) is 8.42. The maximum atomic E-state index is 12.2. The van der Waals surface area contributed by atoms with Crippen LogP contribution in [0.3, 0.4) is 0 Å². The molecule has 0 saturated heterocycles. The zero-order valence-electron chi connectivity index (χ0n) is 15.3. The molecule has 7 nitrogen and oxygen atoms in total. The van der Waals surface area contributed by atoms with Crippen molar-refractivity contribution in [3.05, 3.63) is 35.0 Å². The van der Waals surface area contributed by atoms with Crippen LogP contribution in [0.1, 0.15) is 26.5 Å². The van der Waals surface area contributed by atoms with Crippen molar-refractivity contribution in [1.29, 1.82) is 0 Å². The second kappa shape index (κ2) is 9.05. The Morgan fingerprint density at radius 1 is 1.22 bits per heavy atom. The van der Waals surface area contributed by atoms with E-state index in [4.69, 9.17) is 23.1 Å². The summed E-state index contributed by atoms with van der Waals surface area (Å²) in [6.07, 6.45) is 0.637. The van der Waals surface area contributed by atoms with Gasteiger partial charge in [-0.05, 0) is 30.0 Å². The van der Waals surface area contributed by atoms with E-state index in [-0.39, 0.29) is 5.92 Å². The van der Waals surface area contributed by atoms with E-state index in [9.17, 15) is 9.59 Å². The molecule has 9 heteroatoms. The van der Waals surface area contributed by atoms with Gasteiger partial charge in [-0.25, -0.2) is 14.8 Å². The van der Waals surface area contributed by atoms with Crippen molar-refractivity contribution >= 4 is 41.1 Å². The van der Waals surface area contributed by atoms with Gasteiger partial charge in [0.1, 0.15) is 5.82 Å². The minimum Gasteiger partial charge on any atom is -0.383 e. The standard InChI is InChI=1S/C18H22ClN5O2S/c1-4-12-13(10-5-7-11(19)8-6-10)15(20)23-18(22-12)27-14(9(2)3)16(25)24-17(21)26/h5-9,14H,4H2,1-3H3,(H2,20,22,23)(H3,21,24,25,26)/t14-/m1/s1. The van der Waals surface area contributed by atoms with Crippen LogP contribution in [0, 0.1) is 5.92 Å². The molecule has 0 unspecified atom stereocenters. The summed E-state index contributed by atoms with van der Waals surface area (Å²) < 4.78 is 0. The van der Waals surface area contributed by atoms with E-state index in [1.165, 1.54) is 0 Å². The second-order valence-corrected chi connectivity index (χ2v) is 7.75. The van der Waals surface area contributed by atoms with Crippen LogP contribution >= 0.6 is 23.4 Å². The van der Waals surface area contributed by atoms with Gasteiger partial charge in [0.2, 0.25) is 5.91 Å². The Morgan fingerprint density at radius 3 is 2.37 bits per heavy atom. The number of carbonyl (C=O) groups excluding carboxylic acids is 2. The Balaban J connectivity index is 2.38. The summed E-state index contributed by atoms with van der Waals surface area (Å²) in [6, 6.07) is 6.39. The van der Waals surface area contributed by atoms with E-state index in [2.05, 4.69) is 15.3 Å². The third-order valence-electron chi connectivity index (χ3n) is 3.80. The number of nitrogens with two attached hydrogens (primary N) is 2. The first-order valence-corrected chi connectivity index (χ1v) is 9.68. The van der Waals surface area contributed by atoms with E-state index in [0.29, 0.717) is 22.4 Å². The molecular weight excluding hydrogens is 386 g/mol. The number of thioether (sulfide) groups is 1. The van der Waals surface area contributed by atoms with E-state index < -0.39 is 17.2 Å². The van der Waals surface area contributed by atoms with E-state index in [1.54, 1.807) is 12.1 Å². The Labute approximate surface area is 167 Å². The molecule has 3 amide bonds. The third-order valence-corrected chi connectivity index (χ3v) is 5.46. The number of anilines is 1. The number of nitrogen functional groups attached to an aromatic ring is 1. The monoisotopic (exact) mass is 407 g/mol. The van der Waals surface area contributed by atoms with Crippen LogP contribution in [0.2, 0.25) is 5.02 Å². The van der Waals surface area contributed by atoms with Gasteiger partial charge in [-0.15, -0.1) is 0 Å². The van der Waals surface area contributed by atoms with Crippen LogP contribution in [0.25, 0.3) is 11.1 Å². The number of rotatable bonds is 6. The highest BCUT2D eigenvalue weighted by Crippen LogP contribution is 2.33. The van der Waals surface area contributed by atoms with Gasteiger partial charge >= 0.3 is 6.03 Å². The average molecular weight is 408 g/mol. The van der Waals surface area contributed by atoms with Gasteiger partial charge < -0.3 is 11.5 Å². The van der Waals surface area contributed by atoms with Gasteiger partial charge in [-0.1, -0.05) is 56.3 Å². The molecule has 0 spiro atoms. The topological polar surface area (TPSA) is 124 Å². The van der Waals surface area contributed by atoms with E-state index in [0.717, 1.165) is 28.6 Å². The van der Waals surface area contributed by atoms with Crippen LogP contribution in [-0.2, 0) is 11.2 Å². The van der Waals surface area contributed by atoms with Crippen molar-refractivity contribution in [3.63, 3.8) is 0 Å². The van der Waals surface area contributed by atoms with Crippen molar-refractivity contribution in [2.45, 2.75) is 37.6 Å². The number of benzene rings is 1. The number of imide groups is 1. The number of halogens is 1. The summed E-state index contributed by atoms with van der Waals surface area (Å²) in [6.45, 7) is 5.70. The molecule has 1 atom stereocenters. The van der Waals surface area contributed by atoms with Crippen LogP contribution in [-0.4, -0.2) is 27.2 Å². The molecule has 5 N–H and O–H groups in total. The number of nitrogens with zero attached hydrogens (tertiary/aromatic N) is 2. The van der Waals surface area contributed by atoms with Crippen LogP contribution in [0.5, 0.6) is 0 Å². The molecule has 0 saturated carbocycles. The molecule has 1 aromatic heterocycles. The largest absolute Gasteiger partial charge is 0.383 e. The van der Waals surface area contributed by atoms with Crippen LogP contribution in [0.15, 0.2) is 29.4 Å². The highest BCUT2D eigenvalue weighted by molar-refractivity contribution is 8.00. The SMILES string of the molecule is CCc1nc(S[C@@H](C(=O)NC(N)=O)C(C)C)nc(N)c1-c1ccc(Cl)cc1. The highest BCUT2D eigenvalue weighted by atomic mass is 35.5. The predicted molar refractivity (Wildman–Crippen MR) is 108 cm³/mol. The zero-order valence-corrected chi connectivity index (χ0v) is 16.9. The molecule has 0 aliphatic carbocycles. The smallest absolute Gasteiger partial charge is 0.318 e. The summed E-state index contributed by atoms with van der Waals surface area (Å²) >= 11 is 7.11. The number of amides is 3. The van der Waals surface area contributed by atoms with E-state index in [1.807, 2.05) is 32.9 Å². The Hall–Kier alpha value is -2.32. The van der Waals surface area contributed by atoms with Gasteiger partial charge in [0, 0.05) is 10.6 Å². The quantitative estimate of drug-likeness (QED) is 0.498. The number of urea groups is 1. The van der Waals surface area contributed by atoms with Gasteiger partial charge in [0.05, 0.1) is 10.9 Å². The predicted octanol–water partition coefficient (Wildman–Crippen LogP) is 3.25. The van der Waals surface area contributed by atoms with Gasteiger partial charge in [-0.2, -0.15) is 0 Å². The number of hydrogen-bond donors (Lipinski definition) is 3. The normalized spacial score (nSPS) is 12.0. The third kappa shape index (κ3) is 5.33. The maximum absolute atomic E-state index is 12.2. The van der Waals surface area contributed by atoms with Gasteiger partial charge in [0.25, 0.3) is 0 Å². The Morgan fingerprint density at radius 2 is 1.85 bits per heavy atom. The number of carbonyl (C=O) groups is 2. The minimum atomic E-state index is -0.890. The molecule has 0 bridgehead atoms. The second-order valence-electron chi connectivity index (χ2n) is 6.21. The number of nitrogens with one attached hydrogen (secondary N) is 1. The summed E-state index contributed by atoms with van der Waals surface area (Å²) in [5.41, 5.74) is 13.6. The molecular formula is C18H22ClN5O2S. The molecule has 0 fully saturated rings. The van der Waals surface area contributed by atoms with Crippen LogP contribution in [0.4, 0.5) is 10.6 Å². The first-order chi connectivity index (χ1) is 12.7. The van der Waals surface area contributed by atoms with Crippen molar-refractivity contribution in [2.24, 2.45) is 11.7 Å². The lowest BCUT2D eigenvalue weighted by molar-refractivity contribution is -0.120. The maximum Gasteiger partial charge on any atom is 0.318 e. The minimum absolute atomic E-state index is 0.0693. The summed E-state index contributed by atoms with van der Waals surface area (Å²) in [5, 5.41) is 2.53. The first kappa shape index (κ1) is 21.0. The number of hydrogen-bond acceptors (Lipinski definition) is 6. The fourth-order valence-corrected chi connectivity index (χ4v) is 3.65. The number of primary amides is 1. The molecule has 2 rings (SSSR count). The molecule has 144 valence electrons. The van der Waals surface area contributed by atoms with Crippen molar-refractivity contribution in [1.82, 2.24) is 15.3 Å². The van der Waals surface area contributed by atoms with Gasteiger partial charge in [-0.3, -0.25) is 10.1 Å². The number of aromatic nitrogens is 2. The molecule has 1 heterocycles. The van der Waals surface area contributed by atoms with Crippen LogP contribution < -0.4 is 16.8 Å². The lowest BCUT2D eigenvalue weighted by Crippen LogP contribution is -2.42. The Bertz CT molecular complexity index is 842. The Kier molecular flexibility index (Phi) is 7.04. The molecule has 0 radical (unpaired) electrons. The summed E-state index contributed by atoms with van der Waals surface area (Å²) in [4.78, 5) is 32.2. The summed E-state index contributed by atoms with van der Waals surface area (Å²) in [5.74, 6) is -0.228. The van der Waals surface area contributed by atoms with E-state index >= 15 is 0 Å². The van der Waals surface area contributed by atoms with Gasteiger partial charge in [0.15, 0.2) is 5.16 Å². The highest BCUT2D eigenvalue weighted by Gasteiger charge is 2.26. The zero-order chi connectivity index (χ0) is 20.1. The van der Waals surface area contributed by atoms with Crippen molar-refractivity contribution in [3.8, 4) is 11.1 Å². The average Bonchev–Trinajstić information content (AvgIpc) is 2.59. The molecule has 2 aromatic rings. The molecule has 27 heavy (non-hydrogen) atoms. The number of aryl methyl sites for hydroxylation is 1. The molecule has 0 aliphatic rings. The lowest BCUT2D eigenvalue weighted by atomic mass is 10.0. The van der Waals surface area contributed by atoms with Crippen molar-refractivity contribution < 1.29 is 9.59 Å². The molecule has 0 aliphatic heterocycles. The lowest BCUT2D eigenvalue weighted by Gasteiger charge is -2.19.